The summed E-state index contributed by atoms with van der Waals surface area (Å²) >= 11 is 11.9. The van der Waals surface area contributed by atoms with Crippen molar-refractivity contribution in [1.82, 2.24) is 5.32 Å². The van der Waals surface area contributed by atoms with Crippen LogP contribution in [0.1, 0.15) is 18.1 Å². The number of barbiturate groups is 1. The summed E-state index contributed by atoms with van der Waals surface area (Å²) in [5.41, 5.74) is 1.63. The Morgan fingerprint density at radius 1 is 0.949 bits per heavy atom. The largest absolute Gasteiger partial charge is 0.490 e. The molecule has 0 radical (unpaired) electrons. The Hall–Kier alpha value is -4.34. The molecule has 0 unspecified atom stereocenters. The molecule has 0 spiro atoms. The maximum absolute atomic E-state index is 13.3. The van der Waals surface area contributed by atoms with Crippen molar-refractivity contribution in [3.8, 4) is 11.5 Å². The number of benzene rings is 3. The standard InChI is InChI=1S/C28H23Cl2N3O6/c1-3-38-24-13-17(5-11-23(24)39-15-25(34)31-20-9-7-18(29)8-10-20)12-21-26(35)32-28(37)33(27(21)36)22-14-19(30)6-4-16(22)2/h4-14H,3,15H2,1-2H3,(H,31,34)(H,32,35,37)/b21-12+. The van der Waals surface area contributed by atoms with Crippen LogP contribution in [-0.4, -0.2) is 37.0 Å². The van der Waals surface area contributed by atoms with Gasteiger partial charge >= 0.3 is 6.03 Å². The molecule has 2 N–H and O–H groups in total. The van der Waals surface area contributed by atoms with Crippen molar-refractivity contribution in [1.29, 1.82) is 0 Å². The highest BCUT2D eigenvalue weighted by atomic mass is 35.5. The number of hydrogen-bond acceptors (Lipinski definition) is 6. The first-order valence-corrected chi connectivity index (χ1v) is 12.5. The van der Waals surface area contributed by atoms with E-state index in [2.05, 4.69) is 10.6 Å². The highest BCUT2D eigenvalue weighted by Crippen LogP contribution is 2.31. The Kier molecular flexibility index (Phi) is 8.53. The summed E-state index contributed by atoms with van der Waals surface area (Å²) in [6, 6.07) is 15.3. The molecule has 1 heterocycles. The first-order chi connectivity index (χ1) is 18.7. The second-order valence-electron chi connectivity index (χ2n) is 8.37. The number of aryl methyl sites for hydroxylation is 1. The number of nitrogens with one attached hydrogen (secondary N) is 2. The van der Waals surface area contributed by atoms with Gasteiger partial charge in [-0.05, 0) is 79.6 Å². The third-order valence-corrected chi connectivity index (χ3v) is 6.07. The fraction of sp³-hybridized carbons (Fsp3) is 0.143. The number of amides is 5. The molecule has 0 aromatic heterocycles. The maximum atomic E-state index is 13.3. The van der Waals surface area contributed by atoms with Gasteiger partial charge in [-0.1, -0.05) is 35.3 Å². The van der Waals surface area contributed by atoms with Crippen molar-refractivity contribution in [3.05, 3.63) is 87.4 Å². The van der Waals surface area contributed by atoms with Crippen molar-refractivity contribution in [3.63, 3.8) is 0 Å². The van der Waals surface area contributed by atoms with Gasteiger partial charge in [-0.25, -0.2) is 9.69 Å². The summed E-state index contributed by atoms with van der Waals surface area (Å²) in [6.45, 7) is 3.50. The number of carbonyl (C=O) groups is 4. The zero-order valence-electron chi connectivity index (χ0n) is 20.9. The van der Waals surface area contributed by atoms with Crippen LogP contribution in [0.3, 0.4) is 0 Å². The van der Waals surface area contributed by atoms with E-state index in [-0.39, 0.29) is 23.6 Å². The lowest BCUT2D eigenvalue weighted by Gasteiger charge is -2.27. The number of ether oxygens (including phenoxy) is 2. The van der Waals surface area contributed by atoms with E-state index in [4.69, 9.17) is 32.7 Å². The van der Waals surface area contributed by atoms with E-state index < -0.39 is 23.8 Å². The minimum atomic E-state index is -0.872. The zero-order valence-corrected chi connectivity index (χ0v) is 22.4. The molecule has 3 aromatic rings. The normalized spacial score (nSPS) is 14.3. The average Bonchev–Trinajstić information content (AvgIpc) is 2.89. The lowest BCUT2D eigenvalue weighted by molar-refractivity contribution is -0.122. The summed E-state index contributed by atoms with van der Waals surface area (Å²) < 4.78 is 11.3. The van der Waals surface area contributed by atoms with Gasteiger partial charge in [-0.3, -0.25) is 19.7 Å². The van der Waals surface area contributed by atoms with E-state index in [0.717, 1.165) is 4.90 Å². The quantitative estimate of drug-likeness (QED) is 0.279. The van der Waals surface area contributed by atoms with Gasteiger partial charge in [0.25, 0.3) is 17.7 Å². The fourth-order valence-electron chi connectivity index (χ4n) is 3.74. The molecule has 0 saturated carbocycles. The minimum Gasteiger partial charge on any atom is -0.490 e. The lowest BCUT2D eigenvalue weighted by atomic mass is 10.1. The molecule has 4 rings (SSSR count). The lowest BCUT2D eigenvalue weighted by Crippen LogP contribution is -2.54. The Balaban J connectivity index is 1.55. The molecule has 0 aliphatic carbocycles. The van der Waals surface area contributed by atoms with Crippen LogP contribution in [-0.2, 0) is 14.4 Å². The number of rotatable bonds is 8. The fourth-order valence-corrected chi connectivity index (χ4v) is 4.03. The molecule has 0 bridgehead atoms. The second-order valence-corrected chi connectivity index (χ2v) is 9.24. The molecule has 5 amide bonds. The first kappa shape index (κ1) is 27.7. The molecule has 39 heavy (non-hydrogen) atoms. The van der Waals surface area contributed by atoms with Crippen molar-refractivity contribution < 1.29 is 28.7 Å². The Labute approximate surface area is 234 Å². The number of imide groups is 2. The summed E-state index contributed by atoms with van der Waals surface area (Å²) in [5, 5.41) is 5.77. The van der Waals surface area contributed by atoms with Crippen LogP contribution in [0.15, 0.2) is 66.2 Å². The van der Waals surface area contributed by atoms with Gasteiger partial charge < -0.3 is 14.8 Å². The number of urea groups is 1. The summed E-state index contributed by atoms with van der Waals surface area (Å²) in [6.07, 6.45) is 1.34. The highest BCUT2D eigenvalue weighted by Gasteiger charge is 2.37. The summed E-state index contributed by atoms with van der Waals surface area (Å²) in [7, 11) is 0. The second kappa shape index (κ2) is 12.0. The number of hydrogen-bond donors (Lipinski definition) is 2. The van der Waals surface area contributed by atoms with Gasteiger partial charge in [-0.15, -0.1) is 0 Å². The number of carbonyl (C=O) groups excluding carboxylic acids is 4. The molecule has 9 nitrogen and oxygen atoms in total. The molecule has 200 valence electrons. The van der Waals surface area contributed by atoms with Crippen LogP contribution in [0.2, 0.25) is 10.0 Å². The van der Waals surface area contributed by atoms with E-state index in [1.165, 1.54) is 12.1 Å². The molecule has 1 aliphatic heterocycles. The Bertz CT molecular complexity index is 1490. The molecular formula is C28H23Cl2N3O6. The van der Waals surface area contributed by atoms with Crippen LogP contribution in [0.4, 0.5) is 16.2 Å². The van der Waals surface area contributed by atoms with E-state index in [0.29, 0.717) is 39.2 Å². The summed E-state index contributed by atoms with van der Waals surface area (Å²) in [4.78, 5) is 51.6. The number of anilines is 2. The highest BCUT2D eigenvalue weighted by molar-refractivity contribution is 6.39. The van der Waals surface area contributed by atoms with Gasteiger partial charge in [-0.2, -0.15) is 0 Å². The van der Waals surface area contributed by atoms with Crippen molar-refractivity contribution in [2.24, 2.45) is 0 Å². The molecule has 11 heteroatoms. The Morgan fingerprint density at radius 2 is 1.67 bits per heavy atom. The molecule has 1 saturated heterocycles. The van der Waals surface area contributed by atoms with Gasteiger partial charge in [0, 0.05) is 15.7 Å². The average molecular weight is 568 g/mol. The third kappa shape index (κ3) is 6.57. The topological polar surface area (TPSA) is 114 Å². The maximum Gasteiger partial charge on any atom is 0.335 e. The molecule has 0 atom stereocenters. The van der Waals surface area contributed by atoms with Crippen LogP contribution in [0, 0.1) is 6.92 Å². The van der Waals surface area contributed by atoms with Crippen LogP contribution in [0.25, 0.3) is 6.08 Å². The van der Waals surface area contributed by atoms with Crippen LogP contribution < -0.4 is 25.0 Å². The predicted molar refractivity (Wildman–Crippen MR) is 148 cm³/mol. The number of halogens is 2. The van der Waals surface area contributed by atoms with Gasteiger partial charge in [0.15, 0.2) is 18.1 Å². The van der Waals surface area contributed by atoms with E-state index in [1.807, 2.05) is 0 Å². The molecule has 1 aliphatic rings. The molecular weight excluding hydrogens is 545 g/mol. The van der Waals surface area contributed by atoms with Gasteiger partial charge in [0.2, 0.25) is 0 Å². The van der Waals surface area contributed by atoms with Crippen LogP contribution in [0.5, 0.6) is 11.5 Å². The van der Waals surface area contributed by atoms with Crippen molar-refractivity contribution in [2.45, 2.75) is 13.8 Å². The van der Waals surface area contributed by atoms with E-state index >= 15 is 0 Å². The van der Waals surface area contributed by atoms with Crippen molar-refractivity contribution in [2.75, 3.05) is 23.4 Å². The van der Waals surface area contributed by atoms with E-state index in [9.17, 15) is 19.2 Å². The zero-order chi connectivity index (χ0) is 28.1. The smallest absolute Gasteiger partial charge is 0.335 e. The van der Waals surface area contributed by atoms with Gasteiger partial charge in [0.05, 0.1) is 12.3 Å². The minimum absolute atomic E-state index is 0.257. The SMILES string of the molecule is CCOc1cc(/C=C2\C(=O)NC(=O)N(c3cc(Cl)ccc3C)C2=O)ccc1OCC(=O)Nc1ccc(Cl)cc1. The first-order valence-electron chi connectivity index (χ1n) is 11.8. The Morgan fingerprint density at radius 3 is 2.38 bits per heavy atom. The monoisotopic (exact) mass is 567 g/mol. The number of nitrogens with zero attached hydrogens (tertiary/aromatic N) is 1. The van der Waals surface area contributed by atoms with Crippen LogP contribution >= 0.6 is 23.2 Å². The molecule has 3 aromatic carbocycles. The molecule has 1 fully saturated rings. The predicted octanol–water partition coefficient (Wildman–Crippen LogP) is 5.38. The van der Waals surface area contributed by atoms with E-state index in [1.54, 1.807) is 68.4 Å². The van der Waals surface area contributed by atoms with Crippen molar-refractivity contribution >= 4 is 64.4 Å². The van der Waals surface area contributed by atoms with Gasteiger partial charge in [0.1, 0.15) is 5.57 Å². The third-order valence-electron chi connectivity index (χ3n) is 5.58. The summed E-state index contributed by atoms with van der Waals surface area (Å²) in [5.74, 6) is -1.44.